The molecule has 0 aliphatic carbocycles. The summed E-state index contributed by atoms with van der Waals surface area (Å²) in [7, 11) is 0. The molecule has 0 amide bonds. The molecule has 0 aliphatic rings. The predicted molar refractivity (Wildman–Crippen MR) is 60.8 cm³/mol. The molecule has 2 rings (SSSR count). The lowest BCUT2D eigenvalue weighted by atomic mass is 10.1. The van der Waals surface area contributed by atoms with Crippen LogP contribution in [0, 0.1) is 0 Å². The molecule has 1 nitrogen and oxygen atoms in total. The van der Waals surface area contributed by atoms with Crippen molar-refractivity contribution in [2.24, 2.45) is 0 Å². The fourth-order valence-electron chi connectivity index (χ4n) is 1.45. The number of alkyl halides is 6. The Morgan fingerprint density at radius 1 is 0.900 bits per heavy atom. The molecule has 0 unspecified atom stereocenters. The molecule has 1 aromatic carbocycles. The van der Waals surface area contributed by atoms with E-state index in [0.29, 0.717) is 12.1 Å². The Morgan fingerprint density at radius 3 is 2.10 bits per heavy atom. The number of benzene rings is 1. The van der Waals surface area contributed by atoms with Crippen LogP contribution in [0.2, 0.25) is 0 Å². The summed E-state index contributed by atoms with van der Waals surface area (Å²) >= 11 is 1.19. The zero-order valence-electron chi connectivity index (χ0n) is 9.55. The molecule has 0 saturated heterocycles. The fraction of sp³-hybridized carbons (Fsp3) is 0.167. The lowest BCUT2D eigenvalue weighted by Crippen LogP contribution is -2.11. The van der Waals surface area contributed by atoms with Crippen molar-refractivity contribution < 1.29 is 31.1 Å². The molecule has 0 fully saturated rings. The van der Waals surface area contributed by atoms with Gasteiger partial charge in [-0.15, -0.1) is 11.3 Å². The monoisotopic (exact) mass is 312 g/mol. The molecule has 1 heterocycles. The minimum Gasteiger partial charge on any atom is -0.456 e. The van der Waals surface area contributed by atoms with Crippen LogP contribution in [0.1, 0.15) is 11.1 Å². The second kappa shape index (κ2) is 5.01. The smallest absolute Gasteiger partial charge is 0.420 e. The van der Waals surface area contributed by atoms with Crippen molar-refractivity contribution >= 4 is 11.3 Å². The minimum absolute atomic E-state index is 0.0434. The zero-order chi connectivity index (χ0) is 15.0. The van der Waals surface area contributed by atoms with Crippen LogP contribution in [0.5, 0.6) is 11.5 Å². The first-order valence-electron chi connectivity index (χ1n) is 5.16. The van der Waals surface area contributed by atoms with E-state index in [1.54, 1.807) is 5.38 Å². The summed E-state index contributed by atoms with van der Waals surface area (Å²) in [5.74, 6) is -0.524. The predicted octanol–water partition coefficient (Wildman–Crippen LogP) is 5.58. The van der Waals surface area contributed by atoms with E-state index in [1.807, 2.05) is 0 Å². The summed E-state index contributed by atoms with van der Waals surface area (Å²) in [4.78, 5) is 0. The topological polar surface area (TPSA) is 9.23 Å². The van der Waals surface area contributed by atoms with Gasteiger partial charge < -0.3 is 4.74 Å². The van der Waals surface area contributed by atoms with Gasteiger partial charge in [0, 0.05) is 5.38 Å². The van der Waals surface area contributed by atoms with E-state index in [9.17, 15) is 26.3 Å². The number of hydrogen-bond acceptors (Lipinski definition) is 2. The molecule has 0 aliphatic heterocycles. The van der Waals surface area contributed by atoms with E-state index >= 15 is 0 Å². The normalized spacial score (nSPS) is 12.5. The number of halogens is 6. The van der Waals surface area contributed by atoms with Crippen molar-refractivity contribution in [2.45, 2.75) is 12.4 Å². The van der Waals surface area contributed by atoms with Gasteiger partial charge in [0.05, 0.1) is 11.1 Å². The highest BCUT2D eigenvalue weighted by Crippen LogP contribution is 2.41. The van der Waals surface area contributed by atoms with Gasteiger partial charge in [-0.25, -0.2) is 0 Å². The molecule has 0 N–H and O–H groups in total. The Kier molecular flexibility index (Phi) is 3.68. The number of ether oxygens (including phenoxy) is 1. The van der Waals surface area contributed by atoms with Gasteiger partial charge in [0.1, 0.15) is 11.5 Å². The Labute approximate surface area is 113 Å². The van der Waals surface area contributed by atoms with Crippen molar-refractivity contribution in [3.05, 3.63) is 46.2 Å². The molecule has 0 atom stereocenters. The molecule has 0 spiro atoms. The van der Waals surface area contributed by atoms with Gasteiger partial charge >= 0.3 is 12.4 Å². The average Bonchev–Trinajstić information content (AvgIpc) is 2.79. The first-order valence-corrected chi connectivity index (χ1v) is 6.11. The lowest BCUT2D eigenvalue weighted by Gasteiger charge is -2.15. The fourth-order valence-corrected chi connectivity index (χ4v) is 2.01. The summed E-state index contributed by atoms with van der Waals surface area (Å²) < 4.78 is 80.7. The first kappa shape index (κ1) is 14.7. The second-order valence-electron chi connectivity index (χ2n) is 3.77. The summed E-state index contributed by atoms with van der Waals surface area (Å²) in [6.07, 6.45) is -9.78. The van der Waals surface area contributed by atoms with Gasteiger partial charge in [-0.2, -0.15) is 26.3 Å². The first-order chi connectivity index (χ1) is 9.18. The third kappa shape index (κ3) is 3.24. The zero-order valence-corrected chi connectivity index (χ0v) is 10.4. The van der Waals surface area contributed by atoms with Crippen LogP contribution in [0.4, 0.5) is 26.3 Å². The molecule has 0 bridgehead atoms. The van der Waals surface area contributed by atoms with Gasteiger partial charge in [-0.3, -0.25) is 0 Å². The Hall–Kier alpha value is -1.70. The third-order valence-electron chi connectivity index (χ3n) is 2.34. The van der Waals surface area contributed by atoms with Crippen molar-refractivity contribution in [3.8, 4) is 11.5 Å². The molecule has 8 heteroatoms. The van der Waals surface area contributed by atoms with E-state index in [1.165, 1.54) is 22.8 Å². The maximum Gasteiger partial charge on any atom is 0.420 e. The Bertz CT molecular complexity index is 585. The minimum atomic E-state index is -4.94. The highest BCUT2D eigenvalue weighted by atomic mass is 32.1. The molecular weight excluding hydrogens is 306 g/mol. The van der Waals surface area contributed by atoms with E-state index in [4.69, 9.17) is 4.74 Å². The van der Waals surface area contributed by atoms with Crippen LogP contribution >= 0.6 is 11.3 Å². The summed E-state index contributed by atoms with van der Waals surface area (Å²) in [5, 5.41) is 3.02. The van der Waals surface area contributed by atoms with Crippen LogP contribution in [-0.4, -0.2) is 0 Å². The Morgan fingerprint density at radius 2 is 1.60 bits per heavy atom. The second-order valence-corrected chi connectivity index (χ2v) is 4.55. The summed E-state index contributed by atoms with van der Waals surface area (Å²) in [6, 6.07) is 2.68. The van der Waals surface area contributed by atoms with Crippen molar-refractivity contribution in [1.29, 1.82) is 0 Å². The van der Waals surface area contributed by atoms with E-state index in [-0.39, 0.29) is 11.8 Å². The van der Waals surface area contributed by atoms with Gasteiger partial charge in [0.25, 0.3) is 0 Å². The van der Waals surface area contributed by atoms with Gasteiger partial charge in [-0.05, 0) is 29.6 Å². The molecule has 20 heavy (non-hydrogen) atoms. The number of rotatable bonds is 2. The number of thiophene rings is 1. The van der Waals surface area contributed by atoms with Crippen LogP contribution in [-0.2, 0) is 12.4 Å². The molecule has 0 saturated carbocycles. The summed E-state index contributed by atoms with van der Waals surface area (Å²) in [6.45, 7) is 0. The number of hydrogen-bond donors (Lipinski definition) is 0. The van der Waals surface area contributed by atoms with E-state index in [0.717, 1.165) is 0 Å². The van der Waals surface area contributed by atoms with Gasteiger partial charge in [-0.1, -0.05) is 0 Å². The molecular formula is C12H6F6OS. The molecule has 1 aromatic heterocycles. The summed E-state index contributed by atoms with van der Waals surface area (Å²) in [5.41, 5.74) is -2.83. The van der Waals surface area contributed by atoms with Crippen LogP contribution in [0.15, 0.2) is 35.0 Å². The van der Waals surface area contributed by atoms with E-state index in [2.05, 4.69) is 0 Å². The third-order valence-corrected chi connectivity index (χ3v) is 3.00. The largest absolute Gasteiger partial charge is 0.456 e. The highest BCUT2D eigenvalue weighted by Gasteiger charge is 2.39. The highest BCUT2D eigenvalue weighted by molar-refractivity contribution is 7.08. The maximum atomic E-state index is 12.8. The molecule has 2 aromatic rings. The lowest BCUT2D eigenvalue weighted by molar-refractivity contribution is -0.143. The maximum absolute atomic E-state index is 12.8. The molecule has 108 valence electrons. The van der Waals surface area contributed by atoms with Crippen LogP contribution in [0.25, 0.3) is 0 Å². The molecule has 0 radical (unpaired) electrons. The SMILES string of the molecule is FC(F)(F)c1ccc(Oc2ccsc2)c(C(F)(F)F)c1. The van der Waals surface area contributed by atoms with Gasteiger partial charge in [0.15, 0.2) is 0 Å². The average molecular weight is 312 g/mol. The standard InChI is InChI=1S/C12H6F6OS/c13-11(14,15)7-1-2-10(9(5-7)12(16,17)18)19-8-3-4-20-6-8/h1-6H. The van der Waals surface area contributed by atoms with Gasteiger partial charge in [0.2, 0.25) is 0 Å². The van der Waals surface area contributed by atoms with Crippen molar-refractivity contribution in [1.82, 2.24) is 0 Å². The van der Waals surface area contributed by atoms with E-state index < -0.39 is 29.2 Å². The van der Waals surface area contributed by atoms with Crippen molar-refractivity contribution in [2.75, 3.05) is 0 Å². The van der Waals surface area contributed by atoms with Crippen LogP contribution in [0.3, 0.4) is 0 Å². The quantitative estimate of drug-likeness (QED) is 0.658. The Balaban J connectivity index is 2.46. The van der Waals surface area contributed by atoms with Crippen LogP contribution < -0.4 is 4.74 Å². The van der Waals surface area contributed by atoms with Crippen molar-refractivity contribution in [3.63, 3.8) is 0 Å².